The van der Waals surface area contributed by atoms with Crippen LogP contribution in [0.4, 0.5) is 5.69 Å². The predicted molar refractivity (Wildman–Crippen MR) is 75.0 cm³/mol. The minimum Gasteiger partial charge on any atom is -0.497 e. The van der Waals surface area contributed by atoms with Crippen molar-refractivity contribution in [1.29, 1.82) is 0 Å². The Kier molecular flexibility index (Phi) is 3.67. The number of ether oxygens (including phenoxy) is 1. The molecule has 0 aliphatic heterocycles. The molecule has 0 amide bonds. The van der Waals surface area contributed by atoms with E-state index in [2.05, 4.69) is 15.9 Å². The first-order chi connectivity index (χ1) is 8.61. The highest BCUT2D eigenvalue weighted by atomic mass is 79.9. The van der Waals surface area contributed by atoms with Gasteiger partial charge in [-0.15, -0.1) is 0 Å². The number of carbonyl (C=O) groups excluding carboxylic acids is 1. The summed E-state index contributed by atoms with van der Waals surface area (Å²) in [5.74, 6) is 0.628. The number of halogens is 1. The molecule has 0 unspecified atom stereocenters. The third-order valence-electron chi connectivity index (χ3n) is 2.57. The molecule has 0 bridgehead atoms. The van der Waals surface area contributed by atoms with Crippen molar-refractivity contribution >= 4 is 27.4 Å². The lowest BCUT2D eigenvalue weighted by molar-refractivity contribution is 0.103. The summed E-state index contributed by atoms with van der Waals surface area (Å²) in [5, 5.41) is 0. The van der Waals surface area contributed by atoms with Crippen LogP contribution >= 0.6 is 15.9 Å². The normalized spacial score (nSPS) is 10.1. The van der Waals surface area contributed by atoms with Gasteiger partial charge in [-0.1, -0.05) is 12.1 Å². The van der Waals surface area contributed by atoms with E-state index < -0.39 is 0 Å². The highest BCUT2D eigenvalue weighted by Gasteiger charge is 2.13. The summed E-state index contributed by atoms with van der Waals surface area (Å²) in [4.78, 5) is 12.3. The van der Waals surface area contributed by atoms with Crippen LogP contribution in [0.1, 0.15) is 15.9 Å². The number of anilines is 1. The molecular formula is C14H12BrNO2. The fourth-order valence-electron chi connectivity index (χ4n) is 1.64. The molecule has 0 atom stereocenters. The average molecular weight is 306 g/mol. The van der Waals surface area contributed by atoms with Gasteiger partial charge in [-0.2, -0.15) is 0 Å². The van der Waals surface area contributed by atoms with Gasteiger partial charge in [0.1, 0.15) is 5.75 Å². The lowest BCUT2D eigenvalue weighted by Crippen LogP contribution is -2.03. The van der Waals surface area contributed by atoms with Gasteiger partial charge in [0.25, 0.3) is 0 Å². The Hall–Kier alpha value is -1.81. The highest BCUT2D eigenvalue weighted by molar-refractivity contribution is 9.10. The zero-order chi connectivity index (χ0) is 13.1. The molecule has 18 heavy (non-hydrogen) atoms. The number of nitrogen functional groups attached to an aromatic ring is 1. The van der Waals surface area contributed by atoms with E-state index in [9.17, 15) is 4.79 Å². The molecule has 0 aliphatic carbocycles. The zero-order valence-electron chi connectivity index (χ0n) is 9.81. The summed E-state index contributed by atoms with van der Waals surface area (Å²) < 4.78 is 5.80. The summed E-state index contributed by atoms with van der Waals surface area (Å²) in [7, 11) is 1.58. The van der Waals surface area contributed by atoms with E-state index in [1.807, 2.05) is 0 Å². The Morgan fingerprint density at radius 1 is 1.22 bits per heavy atom. The van der Waals surface area contributed by atoms with Crippen molar-refractivity contribution in [2.45, 2.75) is 0 Å². The van der Waals surface area contributed by atoms with Gasteiger partial charge in [0.05, 0.1) is 7.11 Å². The van der Waals surface area contributed by atoms with Crippen LogP contribution in [-0.4, -0.2) is 12.9 Å². The van der Waals surface area contributed by atoms with Crippen molar-refractivity contribution in [2.75, 3.05) is 12.8 Å². The Balaban J connectivity index is 2.40. The highest BCUT2D eigenvalue weighted by Crippen LogP contribution is 2.25. The topological polar surface area (TPSA) is 52.3 Å². The molecule has 92 valence electrons. The lowest BCUT2D eigenvalue weighted by atomic mass is 10.0. The molecule has 0 aromatic heterocycles. The minimum absolute atomic E-state index is 0.0724. The van der Waals surface area contributed by atoms with Crippen LogP contribution in [-0.2, 0) is 0 Å². The van der Waals surface area contributed by atoms with Gasteiger partial charge in [0.2, 0.25) is 0 Å². The van der Waals surface area contributed by atoms with Crippen LogP contribution in [0.5, 0.6) is 5.75 Å². The third kappa shape index (κ3) is 2.54. The van der Waals surface area contributed by atoms with Crippen LogP contribution in [0, 0.1) is 0 Å². The first kappa shape index (κ1) is 12.6. The molecule has 0 fully saturated rings. The quantitative estimate of drug-likeness (QED) is 0.699. The number of hydrogen-bond acceptors (Lipinski definition) is 3. The Bertz CT molecular complexity index is 596. The van der Waals surface area contributed by atoms with Crippen molar-refractivity contribution in [2.24, 2.45) is 0 Å². The van der Waals surface area contributed by atoms with Crippen molar-refractivity contribution in [1.82, 2.24) is 0 Å². The monoisotopic (exact) mass is 305 g/mol. The van der Waals surface area contributed by atoms with Crippen molar-refractivity contribution in [3.05, 3.63) is 58.1 Å². The van der Waals surface area contributed by atoms with Crippen LogP contribution in [0.3, 0.4) is 0 Å². The van der Waals surface area contributed by atoms with Gasteiger partial charge in [0.15, 0.2) is 5.78 Å². The Morgan fingerprint density at radius 3 is 2.61 bits per heavy atom. The van der Waals surface area contributed by atoms with E-state index >= 15 is 0 Å². The molecule has 2 aromatic carbocycles. The molecule has 2 aromatic rings. The summed E-state index contributed by atoms with van der Waals surface area (Å²) >= 11 is 3.37. The molecule has 4 heteroatoms. The molecular weight excluding hydrogens is 294 g/mol. The van der Waals surface area contributed by atoms with Crippen LogP contribution < -0.4 is 10.5 Å². The molecule has 0 radical (unpaired) electrons. The van der Waals surface area contributed by atoms with Crippen molar-refractivity contribution in [3.8, 4) is 5.75 Å². The maximum absolute atomic E-state index is 12.3. The predicted octanol–water partition coefficient (Wildman–Crippen LogP) is 3.27. The molecule has 0 saturated heterocycles. The van der Waals surface area contributed by atoms with Gasteiger partial charge in [-0.25, -0.2) is 0 Å². The molecule has 0 saturated carbocycles. The van der Waals surface area contributed by atoms with E-state index in [1.54, 1.807) is 49.6 Å². The number of methoxy groups -OCH3 is 1. The lowest BCUT2D eigenvalue weighted by Gasteiger charge is -2.06. The van der Waals surface area contributed by atoms with Gasteiger partial charge < -0.3 is 10.5 Å². The van der Waals surface area contributed by atoms with Gasteiger partial charge >= 0.3 is 0 Å². The number of rotatable bonds is 3. The van der Waals surface area contributed by atoms with E-state index in [-0.39, 0.29) is 5.78 Å². The van der Waals surface area contributed by atoms with Crippen molar-refractivity contribution < 1.29 is 9.53 Å². The molecule has 2 rings (SSSR count). The number of hydrogen-bond donors (Lipinski definition) is 1. The second kappa shape index (κ2) is 5.23. The first-order valence-corrected chi connectivity index (χ1v) is 6.15. The summed E-state index contributed by atoms with van der Waals surface area (Å²) in [6.07, 6.45) is 0. The number of ketones is 1. The molecule has 0 aliphatic rings. The Morgan fingerprint density at radius 2 is 2.00 bits per heavy atom. The summed E-state index contributed by atoms with van der Waals surface area (Å²) in [6.45, 7) is 0. The molecule has 0 spiro atoms. The minimum atomic E-state index is -0.0724. The fourth-order valence-corrected chi connectivity index (χ4v) is 2.18. The zero-order valence-corrected chi connectivity index (χ0v) is 11.4. The standard InChI is InChI=1S/C14H12BrNO2/c1-18-11-5-6-12(13(15)8-11)14(17)9-3-2-4-10(16)7-9/h2-8H,16H2,1H3. The van der Waals surface area contributed by atoms with Crippen LogP contribution in [0.2, 0.25) is 0 Å². The van der Waals surface area contributed by atoms with E-state index in [0.717, 1.165) is 0 Å². The van der Waals surface area contributed by atoms with Crippen molar-refractivity contribution in [3.63, 3.8) is 0 Å². The number of nitrogens with two attached hydrogens (primary N) is 1. The maximum atomic E-state index is 12.3. The van der Waals surface area contributed by atoms with E-state index in [0.29, 0.717) is 27.0 Å². The van der Waals surface area contributed by atoms with Crippen LogP contribution in [0.15, 0.2) is 46.9 Å². The SMILES string of the molecule is COc1ccc(C(=O)c2cccc(N)c2)c(Br)c1. The smallest absolute Gasteiger partial charge is 0.194 e. The largest absolute Gasteiger partial charge is 0.497 e. The third-order valence-corrected chi connectivity index (χ3v) is 3.23. The Labute approximate surface area is 114 Å². The summed E-state index contributed by atoms with van der Waals surface area (Å²) in [5.41, 5.74) is 7.40. The van der Waals surface area contributed by atoms with Gasteiger partial charge in [-0.3, -0.25) is 4.79 Å². The number of benzene rings is 2. The molecule has 3 nitrogen and oxygen atoms in total. The fraction of sp³-hybridized carbons (Fsp3) is 0.0714. The van der Waals surface area contributed by atoms with Crippen LogP contribution in [0.25, 0.3) is 0 Å². The average Bonchev–Trinajstić information content (AvgIpc) is 2.37. The summed E-state index contributed by atoms with van der Waals surface area (Å²) in [6, 6.07) is 12.2. The first-order valence-electron chi connectivity index (χ1n) is 5.35. The second-order valence-corrected chi connectivity index (χ2v) is 4.65. The van der Waals surface area contributed by atoms with Gasteiger partial charge in [-0.05, 0) is 46.3 Å². The number of carbonyl (C=O) groups is 1. The molecule has 2 N–H and O–H groups in total. The van der Waals surface area contributed by atoms with Gasteiger partial charge in [0, 0.05) is 21.3 Å². The second-order valence-electron chi connectivity index (χ2n) is 3.80. The van der Waals surface area contributed by atoms with E-state index in [4.69, 9.17) is 10.5 Å². The maximum Gasteiger partial charge on any atom is 0.194 e. The van der Waals surface area contributed by atoms with E-state index in [1.165, 1.54) is 0 Å². The molecule has 0 heterocycles.